The standard InChI is InChI=1S/C27H30N2O5/c1-15(2)11-23-21(13-28)25(18-7-5-16(3)6-8-18)22(17(4)29-23)14-34-24-10-9-19(26(30)31)12-20(24)27(32)33/h5-10,12,15H,11,13-14,28H2,1-4H3,(H,30,31)(H,32,33). The first-order valence-corrected chi connectivity index (χ1v) is 11.1. The van der Waals surface area contributed by atoms with Crippen LogP contribution in [0.4, 0.5) is 0 Å². The third-order valence-electron chi connectivity index (χ3n) is 5.67. The summed E-state index contributed by atoms with van der Waals surface area (Å²) in [5, 5.41) is 18.8. The van der Waals surface area contributed by atoms with Crippen molar-refractivity contribution < 1.29 is 24.5 Å². The van der Waals surface area contributed by atoms with Gasteiger partial charge in [-0.15, -0.1) is 0 Å². The summed E-state index contributed by atoms with van der Waals surface area (Å²) in [7, 11) is 0. The quantitative estimate of drug-likeness (QED) is 0.409. The monoisotopic (exact) mass is 462 g/mol. The SMILES string of the molecule is Cc1ccc(-c2c(COc3ccc(C(=O)O)cc3C(=O)O)c(C)nc(CC(C)C)c2CN)cc1. The van der Waals surface area contributed by atoms with Gasteiger partial charge in [-0.05, 0) is 61.1 Å². The lowest BCUT2D eigenvalue weighted by molar-refractivity contribution is 0.0691. The van der Waals surface area contributed by atoms with E-state index in [9.17, 15) is 19.8 Å². The summed E-state index contributed by atoms with van der Waals surface area (Å²) in [4.78, 5) is 27.8. The zero-order valence-electron chi connectivity index (χ0n) is 19.9. The van der Waals surface area contributed by atoms with Crippen molar-refractivity contribution in [2.75, 3.05) is 0 Å². The second-order valence-electron chi connectivity index (χ2n) is 8.75. The van der Waals surface area contributed by atoms with Gasteiger partial charge in [0.05, 0.1) is 5.56 Å². The van der Waals surface area contributed by atoms with Gasteiger partial charge in [0.2, 0.25) is 0 Å². The Morgan fingerprint density at radius 1 is 1.00 bits per heavy atom. The van der Waals surface area contributed by atoms with Crippen molar-refractivity contribution in [2.45, 2.75) is 47.3 Å². The number of rotatable bonds is 9. The van der Waals surface area contributed by atoms with Crippen LogP contribution in [0.25, 0.3) is 11.1 Å². The second-order valence-corrected chi connectivity index (χ2v) is 8.75. The van der Waals surface area contributed by atoms with Gasteiger partial charge in [0.25, 0.3) is 0 Å². The van der Waals surface area contributed by atoms with Crippen molar-refractivity contribution in [3.63, 3.8) is 0 Å². The average Bonchev–Trinajstić information content (AvgIpc) is 2.78. The fourth-order valence-electron chi connectivity index (χ4n) is 3.97. The molecule has 4 N–H and O–H groups in total. The zero-order chi connectivity index (χ0) is 25.0. The molecule has 2 aromatic carbocycles. The Hall–Kier alpha value is -3.71. The van der Waals surface area contributed by atoms with E-state index in [0.717, 1.165) is 51.7 Å². The molecule has 0 bridgehead atoms. The summed E-state index contributed by atoms with van der Waals surface area (Å²) in [5.41, 5.74) is 12.4. The smallest absolute Gasteiger partial charge is 0.339 e. The van der Waals surface area contributed by atoms with Crippen molar-refractivity contribution in [1.82, 2.24) is 4.98 Å². The first-order valence-electron chi connectivity index (χ1n) is 11.1. The first-order chi connectivity index (χ1) is 16.1. The molecule has 1 heterocycles. The molecule has 0 radical (unpaired) electrons. The van der Waals surface area contributed by atoms with Gasteiger partial charge < -0.3 is 20.7 Å². The molecule has 0 aliphatic rings. The van der Waals surface area contributed by atoms with Crippen molar-refractivity contribution >= 4 is 11.9 Å². The van der Waals surface area contributed by atoms with E-state index >= 15 is 0 Å². The molecule has 178 valence electrons. The van der Waals surface area contributed by atoms with Crippen molar-refractivity contribution in [1.29, 1.82) is 0 Å². The molecule has 0 fully saturated rings. The molecule has 34 heavy (non-hydrogen) atoms. The number of pyridine rings is 1. The fourth-order valence-corrected chi connectivity index (χ4v) is 3.97. The number of hydrogen-bond donors (Lipinski definition) is 3. The normalized spacial score (nSPS) is 11.0. The summed E-state index contributed by atoms with van der Waals surface area (Å²) in [6.07, 6.45) is 0.785. The number of nitrogens with zero attached hydrogens (tertiary/aromatic N) is 1. The Morgan fingerprint density at radius 2 is 1.68 bits per heavy atom. The largest absolute Gasteiger partial charge is 0.488 e. The van der Waals surface area contributed by atoms with E-state index in [1.165, 1.54) is 12.1 Å². The lowest BCUT2D eigenvalue weighted by Gasteiger charge is -2.21. The molecule has 0 aliphatic carbocycles. The van der Waals surface area contributed by atoms with Crippen LogP contribution in [-0.4, -0.2) is 27.1 Å². The van der Waals surface area contributed by atoms with Crippen LogP contribution < -0.4 is 10.5 Å². The van der Waals surface area contributed by atoms with Gasteiger partial charge in [0.1, 0.15) is 17.9 Å². The number of aromatic carboxylic acids is 2. The number of nitrogens with two attached hydrogens (primary N) is 1. The molecule has 0 saturated carbocycles. The Bertz CT molecular complexity index is 1220. The minimum absolute atomic E-state index is 0.0592. The second kappa shape index (κ2) is 10.5. The highest BCUT2D eigenvalue weighted by Gasteiger charge is 2.21. The van der Waals surface area contributed by atoms with Crippen LogP contribution in [0.2, 0.25) is 0 Å². The highest BCUT2D eigenvalue weighted by Crippen LogP contribution is 2.34. The maximum absolute atomic E-state index is 11.7. The molecule has 0 spiro atoms. The molecule has 3 aromatic rings. The number of aryl methyl sites for hydroxylation is 2. The molecular formula is C27H30N2O5. The first kappa shape index (κ1) is 24.9. The molecule has 0 amide bonds. The Labute approximate surface area is 199 Å². The number of benzene rings is 2. The van der Waals surface area contributed by atoms with Crippen molar-refractivity contribution in [2.24, 2.45) is 11.7 Å². The van der Waals surface area contributed by atoms with E-state index in [2.05, 4.69) is 13.8 Å². The summed E-state index contributed by atoms with van der Waals surface area (Å²) in [6.45, 7) is 8.56. The topological polar surface area (TPSA) is 123 Å². The average molecular weight is 463 g/mol. The number of hydrogen-bond acceptors (Lipinski definition) is 5. The van der Waals surface area contributed by atoms with Crippen LogP contribution in [0, 0.1) is 19.8 Å². The van der Waals surface area contributed by atoms with Gasteiger partial charge in [-0.3, -0.25) is 4.98 Å². The van der Waals surface area contributed by atoms with Crippen LogP contribution in [0.15, 0.2) is 42.5 Å². The van der Waals surface area contributed by atoms with E-state index < -0.39 is 11.9 Å². The molecule has 0 aliphatic heterocycles. The maximum Gasteiger partial charge on any atom is 0.339 e. The summed E-state index contributed by atoms with van der Waals surface area (Å²) in [5.74, 6) is -1.98. The molecular weight excluding hydrogens is 432 g/mol. The number of carboxylic acid groups (broad SMARTS) is 2. The van der Waals surface area contributed by atoms with E-state index in [-0.39, 0.29) is 23.5 Å². The lowest BCUT2D eigenvalue weighted by Crippen LogP contribution is -2.15. The van der Waals surface area contributed by atoms with E-state index in [1.807, 2.05) is 38.1 Å². The van der Waals surface area contributed by atoms with Gasteiger partial charge >= 0.3 is 11.9 Å². The minimum atomic E-state index is -1.26. The minimum Gasteiger partial charge on any atom is -0.488 e. The van der Waals surface area contributed by atoms with Crippen LogP contribution in [-0.2, 0) is 19.6 Å². The van der Waals surface area contributed by atoms with Crippen LogP contribution >= 0.6 is 0 Å². The van der Waals surface area contributed by atoms with E-state index in [4.69, 9.17) is 15.5 Å². The zero-order valence-corrected chi connectivity index (χ0v) is 19.9. The van der Waals surface area contributed by atoms with Gasteiger partial charge in [-0.2, -0.15) is 0 Å². The molecule has 0 saturated heterocycles. The third-order valence-corrected chi connectivity index (χ3v) is 5.67. The van der Waals surface area contributed by atoms with E-state index in [1.54, 1.807) is 0 Å². The highest BCUT2D eigenvalue weighted by molar-refractivity contribution is 5.95. The molecule has 7 heteroatoms. The van der Waals surface area contributed by atoms with Crippen LogP contribution in [0.3, 0.4) is 0 Å². The lowest BCUT2D eigenvalue weighted by atomic mass is 9.90. The number of carboxylic acids is 2. The van der Waals surface area contributed by atoms with Gasteiger partial charge in [-0.25, -0.2) is 9.59 Å². The fraction of sp³-hybridized carbons (Fsp3) is 0.296. The Morgan fingerprint density at radius 3 is 2.24 bits per heavy atom. The van der Waals surface area contributed by atoms with Crippen LogP contribution in [0.5, 0.6) is 5.75 Å². The molecule has 1 aromatic heterocycles. The Balaban J connectivity index is 2.12. The van der Waals surface area contributed by atoms with Gasteiger partial charge in [-0.1, -0.05) is 43.7 Å². The summed E-state index contributed by atoms with van der Waals surface area (Å²) < 4.78 is 5.95. The molecule has 7 nitrogen and oxygen atoms in total. The van der Waals surface area contributed by atoms with E-state index in [0.29, 0.717) is 12.5 Å². The number of carbonyl (C=O) groups is 2. The molecule has 0 atom stereocenters. The van der Waals surface area contributed by atoms with Crippen LogP contribution in [0.1, 0.15) is 62.6 Å². The molecule has 0 unspecified atom stereocenters. The van der Waals surface area contributed by atoms with Crippen molar-refractivity contribution in [3.8, 4) is 16.9 Å². The third kappa shape index (κ3) is 5.43. The van der Waals surface area contributed by atoms with Crippen molar-refractivity contribution in [3.05, 3.63) is 81.7 Å². The van der Waals surface area contributed by atoms with Gasteiger partial charge in [0.15, 0.2) is 0 Å². The number of aromatic nitrogens is 1. The highest BCUT2D eigenvalue weighted by atomic mass is 16.5. The summed E-state index contributed by atoms with van der Waals surface area (Å²) >= 11 is 0. The Kier molecular flexibility index (Phi) is 7.68. The number of ether oxygens (including phenoxy) is 1. The maximum atomic E-state index is 11.7. The predicted octanol–water partition coefficient (Wildman–Crippen LogP) is 5.00. The molecule has 3 rings (SSSR count). The van der Waals surface area contributed by atoms with Gasteiger partial charge in [0, 0.05) is 23.5 Å². The predicted molar refractivity (Wildman–Crippen MR) is 130 cm³/mol. The summed E-state index contributed by atoms with van der Waals surface area (Å²) in [6, 6.07) is 11.9.